The smallest absolute Gasteiger partial charge is 0.251 e. The Morgan fingerprint density at radius 2 is 1.94 bits per heavy atom. The van der Waals surface area contributed by atoms with Gasteiger partial charge < -0.3 is 19.7 Å². The van der Waals surface area contributed by atoms with Crippen LogP contribution in [0.25, 0.3) is 11.0 Å². The molecule has 3 rings (SSSR count). The molecule has 0 aliphatic carbocycles. The van der Waals surface area contributed by atoms with Gasteiger partial charge in [0.2, 0.25) is 5.91 Å². The Balaban J connectivity index is 1.91. The van der Waals surface area contributed by atoms with Crippen molar-refractivity contribution in [3.05, 3.63) is 58.9 Å². The van der Waals surface area contributed by atoms with E-state index in [2.05, 4.69) is 16.8 Å². The maximum Gasteiger partial charge on any atom is 0.251 e. The second-order valence-corrected chi connectivity index (χ2v) is 8.06. The van der Waals surface area contributed by atoms with E-state index in [1.807, 2.05) is 37.3 Å². The molecule has 0 saturated carbocycles. The summed E-state index contributed by atoms with van der Waals surface area (Å²) in [6.07, 6.45) is 1.71. The zero-order valence-corrected chi connectivity index (χ0v) is 19.1. The van der Waals surface area contributed by atoms with Crippen LogP contribution in [-0.4, -0.2) is 44.5 Å². The van der Waals surface area contributed by atoms with Gasteiger partial charge in [0.15, 0.2) is 6.79 Å². The zero-order chi connectivity index (χ0) is 24.0. The predicted octanol–water partition coefficient (Wildman–Crippen LogP) is 2.69. The number of nitrogens with zero attached hydrogens (tertiary/aromatic N) is 2. The van der Waals surface area contributed by atoms with Crippen molar-refractivity contribution in [2.75, 3.05) is 6.79 Å². The molecule has 1 heterocycles. The largest absolute Gasteiger partial charge is 0.468 e. The summed E-state index contributed by atoms with van der Waals surface area (Å²) in [6.45, 7) is 6.00. The third-order valence-electron chi connectivity index (χ3n) is 5.34. The van der Waals surface area contributed by atoms with Gasteiger partial charge in [0.25, 0.3) is 5.91 Å². The number of ether oxygens (including phenoxy) is 1. The van der Waals surface area contributed by atoms with E-state index < -0.39 is 11.9 Å². The first kappa shape index (κ1) is 24.2. The molecule has 4 N–H and O–H groups in total. The number of aliphatic hydroxyl groups excluding tert-OH is 1. The second kappa shape index (κ2) is 10.9. The van der Waals surface area contributed by atoms with Crippen LogP contribution in [0, 0.1) is 6.92 Å². The average Bonchev–Trinajstić information content (AvgIpc) is 3.12. The minimum absolute atomic E-state index is 0.0269. The summed E-state index contributed by atoms with van der Waals surface area (Å²) >= 11 is 0. The summed E-state index contributed by atoms with van der Waals surface area (Å²) < 4.78 is 7.27. The Kier molecular flexibility index (Phi) is 8.02. The first-order valence-corrected chi connectivity index (χ1v) is 10.9. The lowest BCUT2D eigenvalue weighted by Gasteiger charge is -2.14. The molecule has 1 atom stereocenters. The van der Waals surface area contributed by atoms with Crippen LogP contribution in [0.1, 0.15) is 54.0 Å². The predicted molar refractivity (Wildman–Crippen MR) is 123 cm³/mol. The number of rotatable bonds is 10. The lowest BCUT2D eigenvalue weighted by Crippen LogP contribution is -2.36. The number of fused-ring (bicyclic) bond motifs is 1. The lowest BCUT2D eigenvalue weighted by molar-refractivity contribution is -0.129. The fourth-order valence-corrected chi connectivity index (χ4v) is 3.87. The van der Waals surface area contributed by atoms with E-state index >= 15 is 0 Å². The highest BCUT2D eigenvalue weighted by Crippen LogP contribution is 2.25. The van der Waals surface area contributed by atoms with Gasteiger partial charge >= 0.3 is 0 Å². The minimum Gasteiger partial charge on any atom is -0.468 e. The summed E-state index contributed by atoms with van der Waals surface area (Å²) in [5, 5.41) is 20.4. The van der Waals surface area contributed by atoms with E-state index in [0.717, 1.165) is 40.8 Å². The minimum atomic E-state index is -0.562. The number of hydrogen-bond donors (Lipinski definition) is 4. The third kappa shape index (κ3) is 5.88. The molecule has 2 aromatic carbocycles. The highest BCUT2D eigenvalue weighted by molar-refractivity contribution is 5.98. The van der Waals surface area contributed by atoms with Gasteiger partial charge in [-0.15, -0.1) is 0 Å². The van der Waals surface area contributed by atoms with Crippen molar-refractivity contribution in [3.63, 3.8) is 0 Å². The Hall–Kier alpha value is -3.43. The van der Waals surface area contributed by atoms with E-state index in [0.29, 0.717) is 17.9 Å². The number of hydrogen-bond acceptors (Lipinski definition) is 6. The van der Waals surface area contributed by atoms with Crippen molar-refractivity contribution in [2.45, 2.75) is 52.6 Å². The quantitative estimate of drug-likeness (QED) is 0.212. The van der Waals surface area contributed by atoms with Crippen molar-refractivity contribution in [1.29, 1.82) is 0 Å². The number of nitrogens with one attached hydrogen (secondary N) is 2. The molecule has 33 heavy (non-hydrogen) atoms. The van der Waals surface area contributed by atoms with Gasteiger partial charge in [-0.2, -0.15) is 0 Å². The first-order valence-electron chi connectivity index (χ1n) is 10.9. The van der Waals surface area contributed by atoms with Gasteiger partial charge in [-0.1, -0.05) is 19.1 Å². The molecule has 9 heteroatoms. The average molecular weight is 455 g/mol. The monoisotopic (exact) mass is 454 g/mol. The van der Waals surface area contributed by atoms with E-state index in [4.69, 9.17) is 20.0 Å². The van der Waals surface area contributed by atoms with Crippen molar-refractivity contribution in [1.82, 2.24) is 20.3 Å². The van der Waals surface area contributed by atoms with Crippen molar-refractivity contribution in [3.8, 4) is 5.75 Å². The molecule has 0 fully saturated rings. The zero-order valence-electron chi connectivity index (χ0n) is 19.1. The number of aromatic nitrogens is 2. The first-order chi connectivity index (χ1) is 15.9. The van der Waals surface area contributed by atoms with E-state index in [9.17, 15) is 9.59 Å². The number of aryl methyl sites for hydroxylation is 2. The standard InChI is InChI=1S/C24H30N4O5/c1-4-5-21-26-20-12-18(24(31)25-16(3)11-22(30)27-32)10-15(2)23(20)28(21)13-17-6-8-19(9-7-17)33-14-29/h6-10,12,16,29,32H,4-5,11,13-14H2,1-3H3,(H,25,31)(H,27,30)/t16-/m1/s1. The molecule has 0 aliphatic rings. The summed E-state index contributed by atoms with van der Waals surface area (Å²) in [7, 11) is 0. The van der Waals surface area contributed by atoms with Crippen LogP contribution in [-0.2, 0) is 17.8 Å². The number of carbonyl (C=O) groups is 2. The number of amides is 2. The van der Waals surface area contributed by atoms with Gasteiger partial charge in [-0.05, 0) is 55.7 Å². The molecular weight excluding hydrogens is 424 g/mol. The second-order valence-electron chi connectivity index (χ2n) is 8.06. The lowest BCUT2D eigenvalue weighted by atomic mass is 10.1. The van der Waals surface area contributed by atoms with Crippen molar-refractivity contribution in [2.24, 2.45) is 0 Å². The molecule has 0 saturated heterocycles. The Morgan fingerprint density at radius 3 is 2.58 bits per heavy atom. The van der Waals surface area contributed by atoms with E-state index in [-0.39, 0.29) is 19.1 Å². The molecule has 0 spiro atoms. The van der Waals surface area contributed by atoms with Crippen molar-refractivity contribution < 1.29 is 24.6 Å². The molecule has 176 valence electrons. The van der Waals surface area contributed by atoms with E-state index in [1.165, 1.54) is 0 Å². The number of imidazole rings is 1. The molecule has 0 bridgehead atoms. The van der Waals surface area contributed by atoms with Crippen LogP contribution >= 0.6 is 0 Å². The van der Waals surface area contributed by atoms with Crippen LogP contribution in [0.5, 0.6) is 5.75 Å². The molecular formula is C24H30N4O5. The molecule has 0 radical (unpaired) electrons. The van der Waals surface area contributed by atoms with Gasteiger partial charge in [0.05, 0.1) is 11.0 Å². The van der Waals surface area contributed by atoms with Crippen molar-refractivity contribution >= 4 is 22.8 Å². The highest BCUT2D eigenvalue weighted by Gasteiger charge is 2.18. The molecule has 3 aromatic rings. The van der Waals surface area contributed by atoms with Crippen LogP contribution in [0.3, 0.4) is 0 Å². The maximum atomic E-state index is 12.7. The Bertz CT molecular complexity index is 1120. The number of carbonyl (C=O) groups excluding carboxylic acids is 2. The number of benzene rings is 2. The topological polar surface area (TPSA) is 126 Å². The molecule has 2 amide bonds. The maximum absolute atomic E-state index is 12.7. The Labute approximate surface area is 192 Å². The summed E-state index contributed by atoms with van der Waals surface area (Å²) in [5.74, 6) is 0.678. The van der Waals surface area contributed by atoms with Gasteiger partial charge in [-0.3, -0.25) is 14.8 Å². The fourth-order valence-electron chi connectivity index (χ4n) is 3.87. The number of hydroxylamine groups is 1. The molecule has 0 aliphatic heterocycles. The van der Waals surface area contributed by atoms with Gasteiger partial charge in [0.1, 0.15) is 11.6 Å². The molecule has 0 unspecified atom stereocenters. The van der Waals surface area contributed by atoms with Crippen LogP contribution in [0.15, 0.2) is 36.4 Å². The molecule has 9 nitrogen and oxygen atoms in total. The van der Waals surface area contributed by atoms with Gasteiger partial charge in [-0.25, -0.2) is 10.5 Å². The SMILES string of the molecule is CCCc1nc2cc(C(=O)N[C@H](C)CC(=O)NO)cc(C)c2n1Cc1ccc(OCO)cc1. The summed E-state index contributed by atoms with van der Waals surface area (Å²) in [6, 6.07) is 10.7. The fraction of sp³-hybridized carbons (Fsp3) is 0.375. The normalized spacial score (nSPS) is 11.9. The van der Waals surface area contributed by atoms with Crippen LogP contribution in [0.2, 0.25) is 0 Å². The molecule has 1 aromatic heterocycles. The van der Waals surface area contributed by atoms with Gasteiger partial charge in [0, 0.05) is 31.0 Å². The summed E-state index contributed by atoms with van der Waals surface area (Å²) in [4.78, 5) is 28.9. The van der Waals surface area contributed by atoms with Crippen LogP contribution < -0.4 is 15.5 Å². The van der Waals surface area contributed by atoms with Crippen LogP contribution in [0.4, 0.5) is 0 Å². The Morgan fingerprint density at radius 1 is 1.21 bits per heavy atom. The highest BCUT2D eigenvalue weighted by atomic mass is 16.6. The van der Waals surface area contributed by atoms with E-state index in [1.54, 1.807) is 18.5 Å². The summed E-state index contributed by atoms with van der Waals surface area (Å²) in [5.41, 5.74) is 5.74. The number of aliphatic hydroxyl groups is 1. The third-order valence-corrected chi connectivity index (χ3v) is 5.34.